The fraction of sp³-hybridized carbons (Fsp3) is 0.500. The molecule has 0 bridgehead atoms. The monoisotopic (exact) mass is 336 g/mol. The molecule has 132 valence electrons. The van der Waals surface area contributed by atoms with Gasteiger partial charge in [0.25, 0.3) is 5.91 Å². The van der Waals surface area contributed by atoms with Gasteiger partial charge in [0.2, 0.25) is 0 Å². The minimum Gasteiger partial charge on any atom is -0.349 e. The highest BCUT2D eigenvalue weighted by Crippen LogP contribution is 2.30. The lowest BCUT2D eigenvalue weighted by Crippen LogP contribution is -2.32. The Hall–Kier alpha value is -2.03. The van der Waals surface area contributed by atoms with Gasteiger partial charge in [-0.25, -0.2) is 0 Å². The van der Waals surface area contributed by atoms with Crippen molar-refractivity contribution in [1.82, 2.24) is 9.88 Å². The molecular formula is C22H28N2O. The minimum absolute atomic E-state index is 0.0681. The van der Waals surface area contributed by atoms with Crippen LogP contribution in [0.5, 0.6) is 0 Å². The SMILES string of the molecule is Cc1cc2c(n1-c1ccc(C(=O)NC3CCCC3)cc1)CC[C@@H](C)C2. The van der Waals surface area contributed by atoms with Crippen molar-refractivity contribution in [3.05, 3.63) is 52.8 Å². The molecule has 2 aliphatic rings. The number of benzene rings is 1. The zero-order chi connectivity index (χ0) is 17.4. The van der Waals surface area contributed by atoms with Crippen molar-refractivity contribution in [2.45, 2.75) is 64.8 Å². The summed E-state index contributed by atoms with van der Waals surface area (Å²) in [6.45, 7) is 4.52. The largest absolute Gasteiger partial charge is 0.349 e. The van der Waals surface area contributed by atoms with Crippen molar-refractivity contribution in [3.63, 3.8) is 0 Å². The quantitative estimate of drug-likeness (QED) is 0.874. The number of hydrogen-bond donors (Lipinski definition) is 1. The molecule has 0 unspecified atom stereocenters. The van der Waals surface area contributed by atoms with Crippen LogP contribution >= 0.6 is 0 Å². The van der Waals surface area contributed by atoms with Crippen LogP contribution in [0, 0.1) is 12.8 Å². The molecule has 1 fully saturated rings. The number of carbonyl (C=O) groups is 1. The van der Waals surface area contributed by atoms with Gasteiger partial charge < -0.3 is 9.88 Å². The molecule has 1 N–H and O–H groups in total. The van der Waals surface area contributed by atoms with E-state index in [1.165, 1.54) is 48.3 Å². The molecule has 25 heavy (non-hydrogen) atoms. The van der Waals surface area contributed by atoms with Gasteiger partial charge in [-0.05, 0) is 80.8 Å². The lowest BCUT2D eigenvalue weighted by atomic mass is 9.89. The van der Waals surface area contributed by atoms with E-state index in [9.17, 15) is 4.79 Å². The number of nitrogens with one attached hydrogen (secondary N) is 1. The fourth-order valence-electron chi connectivity index (χ4n) is 4.53. The minimum atomic E-state index is 0.0681. The molecule has 2 aliphatic carbocycles. The topological polar surface area (TPSA) is 34.0 Å². The van der Waals surface area contributed by atoms with Gasteiger partial charge >= 0.3 is 0 Å². The molecule has 0 aliphatic heterocycles. The summed E-state index contributed by atoms with van der Waals surface area (Å²) in [5, 5.41) is 3.17. The number of aryl methyl sites for hydroxylation is 1. The summed E-state index contributed by atoms with van der Waals surface area (Å²) in [7, 11) is 0. The van der Waals surface area contributed by atoms with E-state index < -0.39 is 0 Å². The highest BCUT2D eigenvalue weighted by Gasteiger charge is 2.22. The number of aromatic nitrogens is 1. The van der Waals surface area contributed by atoms with Crippen LogP contribution in [0.2, 0.25) is 0 Å². The van der Waals surface area contributed by atoms with Gasteiger partial charge in [-0.2, -0.15) is 0 Å². The summed E-state index contributed by atoms with van der Waals surface area (Å²) in [6.07, 6.45) is 8.31. The van der Waals surface area contributed by atoms with E-state index in [1.54, 1.807) is 0 Å². The number of fused-ring (bicyclic) bond motifs is 1. The highest BCUT2D eigenvalue weighted by atomic mass is 16.1. The van der Waals surface area contributed by atoms with Gasteiger partial charge in [0, 0.05) is 28.7 Å². The number of nitrogens with zero attached hydrogens (tertiary/aromatic N) is 1. The van der Waals surface area contributed by atoms with Crippen molar-refractivity contribution >= 4 is 5.91 Å². The highest BCUT2D eigenvalue weighted by molar-refractivity contribution is 5.94. The molecule has 2 aromatic rings. The molecule has 0 radical (unpaired) electrons. The lowest BCUT2D eigenvalue weighted by Gasteiger charge is -2.21. The Morgan fingerprint density at radius 2 is 1.84 bits per heavy atom. The van der Waals surface area contributed by atoms with Gasteiger partial charge in [-0.15, -0.1) is 0 Å². The molecular weight excluding hydrogens is 308 g/mol. The summed E-state index contributed by atoms with van der Waals surface area (Å²) in [5.41, 5.74) is 6.19. The smallest absolute Gasteiger partial charge is 0.251 e. The predicted octanol–water partition coefficient (Wildman–Crippen LogP) is 4.58. The Morgan fingerprint density at radius 1 is 1.12 bits per heavy atom. The van der Waals surface area contributed by atoms with E-state index in [0.717, 1.165) is 30.7 Å². The molecule has 1 saturated carbocycles. The number of rotatable bonds is 3. The standard InChI is InChI=1S/C22H28N2O/c1-15-7-12-21-18(13-15)14-16(2)24(21)20-10-8-17(9-11-20)22(25)23-19-5-3-4-6-19/h8-11,14-15,19H,3-7,12-13H2,1-2H3,(H,23,25)/t15-/m1/s1. The van der Waals surface area contributed by atoms with E-state index in [0.29, 0.717) is 6.04 Å². The van der Waals surface area contributed by atoms with E-state index >= 15 is 0 Å². The summed E-state index contributed by atoms with van der Waals surface area (Å²) in [6, 6.07) is 10.8. The van der Waals surface area contributed by atoms with Gasteiger partial charge in [0.15, 0.2) is 0 Å². The average molecular weight is 336 g/mol. The summed E-state index contributed by atoms with van der Waals surface area (Å²) >= 11 is 0. The second-order valence-corrected chi connectivity index (χ2v) is 7.94. The molecule has 3 nitrogen and oxygen atoms in total. The van der Waals surface area contributed by atoms with Crippen LogP contribution < -0.4 is 5.32 Å². The average Bonchev–Trinajstić information content (AvgIpc) is 3.21. The molecule has 4 rings (SSSR count). The summed E-state index contributed by atoms with van der Waals surface area (Å²) in [4.78, 5) is 12.4. The maximum atomic E-state index is 12.4. The maximum absolute atomic E-state index is 12.4. The van der Waals surface area contributed by atoms with Gasteiger partial charge in [0.05, 0.1) is 0 Å². The van der Waals surface area contributed by atoms with Gasteiger partial charge in [0.1, 0.15) is 0 Å². The van der Waals surface area contributed by atoms with Crippen molar-refractivity contribution in [2.75, 3.05) is 0 Å². The molecule has 1 atom stereocenters. The zero-order valence-electron chi connectivity index (χ0n) is 15.3. The van der Waals surface area contributed by atoms with E-state index in [4.69, 9.17) is 0 Å². The van der Waals surface area contributed by atoms with E-state index in [1.807, 2.05) is 12.1 Å². The number of carbonyl (C=O) groups excluding carboxylic acids is 1. The Labute approximate surface area is 150 Å². The Balaban J connectivity index is 1.55. The predicted molar refractivity (Wildman–Crippen MR) is 101 cm³/mol. The third-order valence-electron chi connectivity index (χ3n) is 5.90. The first kappa shape index (κ1) is 16.4. The van der Waals surface area contributed by atoms with Crippen LogP contribution in [-0.2, 0) is 12.8 Å². The second-order valence-electron chi connectivity index (χ2n) is 7.94. The summed E-state index contributed by atoms with van der Waals surface area (Å²) < 4.78 is 2.37. The Morgan fingerprint density at radius 3 is 2.56 bits per heavy atom. The van der Waals surface area contributed by atoms with Crippen LogP contribution in [-0.4, -0.2) is 16.5 Å². The normalized spacial score (nSPS) is 20.5. The molecule has 1 amide bonds. The second kappa shape index (κ2) is 6.70. The van der Waals surface area contributed by atoms with E-state index in [2.05, 4.69) is 41.9 Å². The number of amides is 1. The van der Waals surface area contributed by atoms with Crippen molar-refractivity contribution in [1.29, 1.82) is 0 Å². The van der Waals surface area contributed by atoms with Gasteiger partial charge in [-0.3, -0.25) is 4.79 Å². The first-order chi connectivity index (χ1) is 12.1. The Kier molecular flexibility index (Phi) is 4.41. The third kappa shape index (κ3) is 3.24. The first-order valence-corrected chi connectivity index (χ1v) is 9.73. The first-order valence-electron chi connectivity index (χ1n) is 9.73. The van der Waals surface area contributed by atoms with Crippen LogP contribution in [0.3, 0.4) is 0 Å². The van der Waals surface area contributed by atoms with Gasteiger partial charge in [-0.1, -0.05) is 19.8 Å². The zero-order valence-corrected chi connectivity index (χ0v) is 15.3. The molecule has 0 saturated heterocycles. The fourth-order valence-corrected chi connectivity index (χ4v) is 4.53. The molecule has 0 spiro atoms. The summed E-state index contributed by atoms with van der Waals surface area (Å²) in [5.74, 6) is 0.850. The van der Waals surface area contributed by atoms with E-state index in [-0.39, 0.29) is 5.91 Å². The number of hydrogen-bond acceptors (Lipinski definition) is 1. The molecule has 1 aromatic carbocycles. The van der Waals surface area contributed by atoms with Crippen molar-refractivity contribution in [3.8, 4) is 5.69 Å². The van der Waals surface area contributed by atoms with Crippen LogP contribution in [0.25, 0.3) is 5.69 Å². The molecule has 1 heterocycles. The molecule has 1 aromatic heterocycles. The Bertz CT molecular complexity index is 766. The van der Waals surface area contributed by atoms with Crippen molar-refractivity contribution < 1.29 is 4.79 Å². The van der Waals surface area contributed by atoms with Crippen LogP contribution in [0.15, 0.2) is 30.3 Å². The van der Waals surface area contributed by atoms with Crippen LogP contribution in [0.4, 0.5) is 0 Å². The molecule has 3 heteroatoms. The van der Waals surface area contributed by atoms with Crippen molar-refractivity contribution in [2.24, 2.45) is 5.92 Å². The lowest BCUT2D eigenvalue weighted by molar-refractivity contribution is 0.0938. The maximum Gasteiger partial charge on any atom is 0.251 e. The third-order valence-corrected chi connectivity index (χ3v) is 5.90. The van der Waals surface area contributed by atoms with Crippen LogP contribution in [0.1, 0.15) is 66.3 Å².